The first-order valence-corrected chi connectivity index (χ1v) is 7.35. The fourth-order valence-electron chi connectivity index (χ4n) is 2.58. The molecule has 0 unspecified atom stereocenters. The van der Waals surface area contributed by atoms with Crippen LogP contribution in [0.1, 0.15) is 10.4 Å². The van der Waals surface area contributed by atoms with Crippen LogP contribution in [0.25, 0.3) is 22.3 Å². The molecular formula is C16H15N7O. The molecule has 24 heavy (non-hydrogen) atoms. The number of H-pyrrole nitrogens is 1. The lowest BCUT2D eigenvalue weighted by Crippen LogP contribution is -2.12. The lowest BCUT2D eigenvalue weighted by molar-refractivity contribution is 0.102. The lowest BCUT2D eigenvalue weighted by Gasteiger charge is -2.02. The summed E-state index contributed by atoms with van der Waals surface area (Å²) in [5.74, 6) is 0.239. The Morgan fingerprint density at radius 3 is 2.79 bits per heavy atom. The van der Waals surface area contributed by atoms with Crippen LogP contribution in [0.2, 0.25) is 0 Å². The number of rotatable bonds is 3. The molecule has 0 aromatic carbocycles. The number of anilines is 1. The van der Waals surface area contributed by atoms with Crippen LogP contribution in [0.3, 0.4) is 0 Å². The number of hydrogen-bond acceptors (Lipinski definition) is 4. The van der Waals surface area contributed by atoms with Gasteiger partial charge in [0, 0.05) is 37.9 Å². The van der Waals surface area contributed by atoms with Crippen molar-refractivity contribution in [3.05, 3.63) is 48.8 Å². The topological polar surface area (TPSA) is 93.4 Å². The number of pyridine rings is 1. The largest absolute Gasteiger partial charge is 0.353 e. The summed E-state index contributed by atoms with van der Waals surface area (Å²) in [5, 5.41) is 7.73. The van der Waals surface area contributed by atoms with Crippen molar-refractivity contribution in [3.63, 3.8) is 0 Å². The number of imidazole rings is 1. The number of nitrogens with zero attached hydrogens (tertiary/aromatic N) is 5. The van der Waals surface area contributed by atoms with Crippen LogP contribution in [-0.4, -0.2) is 35.2 Å². The van der Waals surface area contributed by atoms with Gasteiger partial charge in [-0.2, -0.15) is 5.10 Å². The molecular weight excluding hydrogens is 306 g/mol. The molecule has 0 radical (unpaired) electrons. The van der Waals surface area contributed by atoms with Crippen molar-refractivity contribution in [2.45, 2.75) is 0 Å². The minimum atomic E-state index is -0.242. The van der Waals surface area contributed by atoms with E-state index in [0.717, 1.165) is 22.3 Å². The summed E-state index contributed by atoms with van der Waals surface area (Å²) in [5.41, 5.74) is 3.30. The number of hydrogen-bond donors (Lipinski definition) is 2. The Morgan fingerprint density at radius 2 is 2.08 bits per heavy atom. The zero-order valence-electron chi connectivity index (χ0n) is 13.2. The maximum atomic E-state index is 12.2. The number of carbonyl (C=O) groups excluding carboxylic acids is 1. The van der Waals surface area contributed by atoms with Gasteiger partial charge in [-0.3, -0.25) is 9.48 Å². The van der Waals surface area contributed by atoms with Gasteiger partial charge in [0.25, 0.3) is 5.91 Å². The molecule has 4 aromatic heterocycles. The fraction of sp³-hybridized carbons (Fsp3) is 0.125. The molecule has 8 heteroatoms. The molecule has 4 aromatic rings. The van der Waals surface area contributed by atoms with Crippen molar-refractivity contribution >= 4 is 22.6 Å². The highest BCUT2D eigenvalue weighted by Gasteiger charge is 2.11. The zero-order valence-corrected chi connectivity index (χ0v) is 13.2. The van der Waals surface area contributed by atoms with E-state index in [-0.39, 0.29) is 5.91 Å². The highest BCUT2D eigenvalue weighted by atomic mass is 16.1. The van der Waals surface area contributed by atoms with Crippen LogP contribution < -0.4 is 5.32 Å². The van der Waals surface area contributed by atoms with E-state index in [9.17, 15) is 4.79 Å². The van der Waals surface area contributed by atoms with E-state index in [1.54, 1.807) is 36.6 Å². The molecule has 8 nitrogen and oxygen atoms in total. The van der Waals surface area contributed by atoms with E-state index in [0.29, 0.717) is 11.4 Å². The Bertz CT molecular complexity index is 1040. The molecule has 1 amide bonds. The number of carbonyl (C=O) groups is 1. The highest BCUT2D eigenvalue weighted by molar-refractivity contribution is 6.04. The smallest absolute Gasteiger partial charge is 0.260 e. The quantitative estimate of drug-likeness (QED) is 0.603. The van der Waals surface area contributed by atoms with Crippen molar-refractivity contribution in [1.82, 2.24) is 29.3 Å². The Morgan fingerprint density at radius 1 is 1.21 bits per heavy atom. The summed E-state index contributed by atoms with van der Waals surface area (Å²) in [7, 11) is 3.70. The van der Waals surface area contributed by atoms with Gasteiger partial charge in [0.1, 0.15) is 5.82 Å². The number of aryl methyl sites for hydroxylation is 2. The third kappa shape index (κ3) is 2.43. The fourth-order valence-corrected chi connectivity index (χ4v) is 2.58. The first kappa shape index (κ1) is 14.2. The standard InChI is InChI=1S/C16H15N7O/c1-22-9-17-7-14(22)13-3-10-5-18-15(4-12(10)20-13)21-16(24)11-6-19-23(2)8-11/h3-9,20H,1-2H3,(H,18,21,24). The molecule has 0 spiro atoms. The van der Waals surface area contributed by atoms with Crippen LogP contribution >= 0.6 is 0 Å². The van der Waals surface area contributed by atoms with Gasteiger partial charge in [0.15, 0.2) is 0 Å². The van der Waals surface area contributed by atoms with Crippen LogP contribution in [0, 0.1) is 0 Å². The third-order valence-electron chi connectivity index (χ3n) is 3.81. The molecule has 0 aliphatic heterocycles. The maximum Gasteiger partial charge on any atom is 0.260 e. The second-order valence-electron chi connectivity index (χ2n) is 5.59. The van der Waals surface area contributed by atoms with E-state index < -0.39 is 0 Å². The average molecular weight is 321 g/mol. The van der Waals surface area contributed by atoms with E-state index in [4.69, 9.17) is 0 Å². The van der Waals surface area contributed by atoms with Crippen LogP contribution in [0.5, 0.6) is 0 Å². The molecule has 0 atom stereocenters. The summed E-state index contributed by atoms with van der Waals surface area (Å²) in [6, 6.07) is 3.82. The molecule has 4 rings (SSSR count). The average Bonchev–Trinajstić information content (AvgIpc) is 3.25. The Kier molecular flexibility index (Phi) is 3.16. The number of amides is 1. The van der Waals surface area contributed by atoms with E-state index >= 15 is 0 Å². The summed E-state index contributed by atoms with van der Waals surface area (Å²) >= 11 is 0. The SMILES string of the molecule is Cn1cc(C(=O)Nc2cc3[nH]c(-c4cncn4C)cc3cn2)cn1. The summed E-state index contributed by atoms with van der Waals surface area (Å²) < 4.78 is 3.51. The predicted octanol–water partition coefficient (Wildman–Crippen LogP) is 1.95. The van der Waals surface area contributed by atoms with Gasteiger partial charge in [-0.05, 0) is 6.07 Å². The molecule has 120 valence electrons. The molecule has 0 bridgehead atoms. The van der Waals surface area contributed by atoms with Crippen molar-refractivity contribution in [3.8, 4) is 11.4 Å². The summed E-state index contributed by atoms with van der Waals surface area (Å²) in [4.78, 5) is 23.9. The van der Waals surface area contributed by atoms with Gasteiger partial charge in [0.05, 0.1) is 41.2 Å². The predicted molar refractivity (Wildman–Crippen MR) is 89.5 cm³/mol. The lowest BCUT2D eigenvalue weighted by atomic mass is 10.3. The molecule has 4 heterocycles. The molecule has 0 aliphatic carbocycles. The Hall–Kier alpha value is -3.42. The van der Waals surface area contributed by atoms with Crippen LogP contribution in [0.4, 0.5) is 5.82 Å². The van der Waals surface area contributed by atoms with Gasteiger partial charge >= 0.3 is 0 Å². The first-order valence-electron chi connectivity index (χ1n) is 7.35. The minimum absolute atomic E-state index is 0.242. The highest BCUT2D eigenvalue weighted by Crippen LogP contribution is 2.24. The van der Waals surface area contributed by atoms with Crippen molar-refractivity contribution in [1.29, 1.82) is 0 Å². The molecule has 0 fully saturated rings. The van der Waals surface area contributed by atoms with E-state index in [1.165, 1.54) is 6.20 Å². The van der Waals surface area contributed by atoms with E-state index in [2.05, 4.69) is 25.4 Å². The molecule has 0 saturated heterocycles. The van der Waals surface area contributed by atoms with Crippen molar-refractivity contribution < 1.29 is 4.79 Å². The van der Waals surface area contributed by atoms with Gasteiger partial charge in [-0.1, -0.05) is 0 Å². The first-order chi connectivity index (χ1) is 11.6. The molecule has 0 saturated carbocycles. The molecule has 0 aliphatic rings. The maximum absolute atomic E-state index is 12.2. The van der Waals surface area contributed by atoms with Gasteiger partial charge in [-0.15, -0.1) is 0 Å². The second kappa shape index (κ2) is 5.34. The van der Waals surface area contributed by atoms with Crippen molar-refractivity contribution in [2.24, 2.45) is 14.1 Å². The van der Waals surface area contributed by atoms with Crippen molar-refractivity contribution in [2.75, 3.05) is 5.32 Å². The summed E-state index contributed by atoms with van der Waals surface area (Å²) in [6.07, 6.45) is 8.44. The zero-order chi connectivity index (χ0) is 16.7. The third-order valence-corrected chi connectivity index (χ3v) is 3.81. The monoisotopic (exact) mass is 321 g/mol. The Labute approximate surface area is 137 Å². The molecule has 2 N–H and O–H groups in total. The minimum Gasteiger partial charge on any atom is -0.353 e. The second-order valence-corrected chi connectivity index (χ2v) is 5.59. The van der Waals surface area contributed by atoms with E-state index in [1.807, 2.05) is 23.7 Å². The normalized spacial score (nSPS) is 11.1. The van der Waals surface area contributed by atoms with Crippen LogP contribution in [-0.2, 0) is 14.1 Å². The number of fused-ring (bicyclic) bond motifs is 1. The number of nitrogens with one attached hydrogen (secondary N) is 2. The van der Waals surface area contributed by atoms with Gasteiger partial charge in [0.2, 0.25) is 0 Å². The van der Waals surface area contributed by atoms with Gasteiger partial charge in [-0.25, -0.2) is 9.97 Å². The number of aromatic nitrogens is 6. The Balaban J connectivity index is 1.63. The summed E-state index contributed by atoms with van der Waals surface area (Å²) in [6.45, 7) is 0. The van der Waals surface area contributed by atoms with Gasteiger partial charge < -0.3 is 14.9 Å². The number of aromatic amines is 1. The van der Waals surface area contributed by atoms with Crippen LogP contribution in [0.15, 0.2) is 43.2 Å².